The molecule has 5 amide bonds. The molecule has 2 heterocycles. The molecule has 0 spiro atoms. The summed E-state index contributed by atoms with van der Waals surface area (Å²) in [6.07, 6.45) is 9.48. The maximum atomic E-state index is 14.6. The van der Waals surface area contributed by atoms with E-state index in [1.165, 1.54) is 11.0 Å². The van der Waals surface area contributed by atoms with Crippen LogP contribution in [-0.2, 0) is 33.8 Å². The summed E-state index contributed by atoms with van der Waals surface area (Å²) in [5, 5.41) is 11.2. The number of hydrogen-bond donors (Lipinski definition) is 4. The molecule has 0 aromatic rings. The number of Topliss-reactive ketones (excluding diaryl/α,β-unsaturated/α-hetero) is 1. The first-order valence-corrected chi connectivity index (χ1v) is 21.0. The van der Waals surface area contributed by atoms with Crippen molar-refractivity contribution in [1.82, 2.24) is 26.2 Å². The number of rotatable bonds is 10. The van der Waals surface area contributed by atoms with Gasteiger partial charge in [0.15, 0.2) is 9.84 Å². The van der Waals surface area contributed by atoms with Crippen LogP contribution < -0.4 is 21.3 Å². The first kappa shape index (κ1) is 43.4. The zero-order chi connectivity index (χ0) is 38.7. The number of nitrogens with one attached hydrogen (secondary N) is 4. The molecular formula is C38H65N5O8S. The van der Waals surface area contributed by atoms with E-state index in [-0.39, 0.29) is 37.1 Å². The molecule has 296 valence electrons. The van der Waals surface area contributed by atoms with Crippen molar-refractivity contribution in [3.8, 4) is 0 Å². The minimum absolute atomic E-state index is 0.113. The highest BCUT2D eigenvalue weighted by Gasteiger charge is 2.47. The van der Waals surface area contributed by atoms with Crippen LogP contribution in [0.2, 0.25) is 0 Å². The number of sulfone groups is 1. The lowest BCUT2D eigenvalue weighted by molar-refractivity contribution is -0.145. The lowest BCUT2D eigenvalue weighted by Gasteiger charge is -2.40. The molecule has 0 unspecified atom stereocenters. The third-order valence-corrected chi connectivity index (χ3v) is 13.5. The van der Waals surface area contributed by atoms with Crippen LogP contribution in [0.15, 0.2) is 12.7 Å². The second-order valence-corrected chi connectivity index (χ2v) is 19.2. The third kappa shape index (κ3) is 12.0. The van der Waals surface area contributed by atoms with Crippen molar-refractivity contribution in [3.63, 3.8) is 0 Å². The Labute approximate surface area is 311 Å². The molecule has 2 aliphatic heterocycles. The lowest BCUT2D eigenvalue weighted by Crippen LogP contribution is -2.63. The number of nitrogens with zero attached hydrogens (tertiary/aromatic N) is 1. The summed E-state index contributed by atoms with van der Waals surface area (Å²) >= 11 is 0. The Morgan fingerprint density at radius 2 is 1.65 bits per heavy atom. The summed E-state index contributed by atoms with van der Waals surface area (Å²) in [6, 6.07) is -3.83. The SMILES string of the molecule is C=CCNC(=O)C(=O)[C@@H]1CCCCCCCO[C@@H](C)[C@H](NC(=O)NC2(CS(=O)(=O)C(C)(C)C)CCCCC2)C(=O)N2CC[C@H](CC(C)C)[C@H]2C(=O)N1. The Morgan fingerprint density at radius 3 is 2.29 bits per heavy atom. The molecule has 52 heavy (non-hydrogen) atoms. The minimum atomic E-state index is -3.59. The highest BCUT2D eigenvalue weighted by molar-refractivity contribution is 7.92. The molecule has 3 aliphatic rings. The van der Waals surface area contributed by atoms with Gasteiger partial charge in [-0.25, -0.2) is 13.2 Å². The van der Waals surface area contributed by atoms with Crippen LogP contribution in [0.25, 0.3) is 0 Å². The Bertz CT molecular complexity index is 1370. The Hall–Kier alpha value is -3.00. The van der Waals surface area contributed by atoms with E-state index in [9.17, 15) is 32.4 Å². The molecule has 13 nitrogen and oxygen atoms in total. The van der Waals surface area contributed by atoms with Crippen LogP contribution >= 0.6 is 0 Å². The van der Waals surface area contributed by atoms with Gasteiger partial charge in [-0.3, -0.25) is 19.2 Å². The van der Waals surface area contributed by atoms with E-state index >= 15 is 0 Å². The van der Waals surface area contributed by atoms with Crippen molar-refractivity contribution in [2.24, 2.45) is 11.8 Å². The van der Waals surface area contributed by atoms with Gasteiger partial charge in [0.2, 0.25) is 17.6 Å². The fourth-order valence-corrected chi connectivity index (χ4v) is 9.21. The second kappa shape index (κ2) is 19.4. The summed E-state index contributed by atoms with van der Waals surface area (Å²) in [5.74, 6) is -2.75. The number of ketones is 1. The molecule has 1 aliphatic carbocycles. The van der Waals surface area contributed by atoms with Crippen LogP contribution in [-0.4, -0.2) is 103 Å². The van der Waals surface area contributed by atoms with Gasteiger partial charge in [0.05, 0.1) is 28.2 Å². The van der Waals surface area contributed by atoms with E-state index in [1.807, 2.05) is 13.8 Å². The molecule has 0 radical (unpaired) electrons. The van der Waals surface area contributed by atoms with Gasteiger partial charge in [0, 0.05) is 19.7 Å². The number of fused-ring (bicyclic) bond motifs is 1. The van der Waals surface area contributed by atoms with E-state index < -0.39 is 73.9 Å². The lowest BCUT2D eigenvalue weighted by atomic mass is 9.83. The molecule has 0 bridgehead atoms. The largest absolute Gasteiger partial charge is 0.376 e. The third-order valence-electron chi connectivity index (χ3n) is 10.7. The number of urea groups is 1. The molecule has 1 saturated carbocycles. The van der Waals surface area contributed by atoms with Crippen LogP contribution in [0.5, 0.6) is 0 Å². The van der Waals surface area contributed by atoms with E-state index in [0.717, 1.165) is 44.9 Å². The fraction of sp³-hybridized carbons (Fsp3) is 0.816. The van der Waals surface area contributed by atoms with Gasteiger partial charge in [-0.2, -0.15) is 0 Å². The van der Waals surface area contributed by atoms with Crippen molar-refractivity contribution in [3.05, 3.63) is 12.7 Å². The molecule has 14 heteroatoms. The van der Waals surface area contributed by atoms with E-state index in [1.54, 1.807) is 27.7 Å². The standard InChI is InChI=1S/C38H65N5O8S/c1-8-21-39-34(46)32(44)29-17-13-10-9-11-16-23-51-27(4)30(35(47)43-22-18-28(24-26(2)3)31(43)33(45)40-29)41-36(48)42-38(19-14-12-15-20-38)25-52(49,50)37(5,6)7/h8,26-31H,1,9-25H2,2-7H3,(H,39,46)(H,40,45)(H2,41,42,48)/t27-,28+,29-,30-,31-/m0/s1. The smallest absolute Gasteiger partial charge is 0.315 e. The summed E-state index contributed by atoms with van der Waals surface area (Å²) < 4.78 is 31.9. The number of carbonyl (C=O) groups excluding carboxylic acids is 5. The van der Waals surface area contributed by atoms with Crippen molar-refractivity contribution in [1.29, 1.82) is 0 Å². The molecule has 4 N–H and O–H groups in total. The topological polar surface area (TPSA) is 180 Å². The summed E-state index contributed by atoms with van der Waals surface area (Å²) in [5.41, 5.74) is -0.988. The number of ether oxygens (including phenoxy) is 1. The Balaban J connectivity index is 1.95. The van der Waals surface area contributed by atoms with E-state index in [2.05, 4.69) is 27.8 Å². The average molecular weight is 752 g/mol. The van der Waals surface area contributed by atoms with Gasteiger partial charge in [-0.15, -0.1) is 6.58 Å². The van der Waals surface area contributed by atoms with Gasteiger partial charge in [-0.1, -0.05) is 64.9 Å². The number of carbonyl (C=O) groups is 5. The highest BCUT2D eigenvalue weighted by atomic mass is 32.2. The molecular weight excluding hydrogens is 687 g/mol. The van der Waals surface area contributed by atoms with Gasteiger partial charge < -0.3 is 30.9 Å². The maximum Gasteiger partial charge on any atom is 0.315 e. The normalized spacial score (nSPS) is 26.9. The van der Waals surface area contributed by atoms with Crippen LogP contribution in [0.1, 0.15) is 125 Å². The van der Waals surface area contributed by atoms with Crippen molar-refractivity contribution in [2.45, 2.75) is 160 Å². The monoisotopic (exact) mass is 751 g/mol. The first-order valence-electron chi connectivity index (χ1n) is 19.4. The van der Waals surface area contributed by atoms with Gasteiger partial charge in [0.25, 0.3) is 5.91 Å². The van der Waals surface area contributed by atoms with Crippen LogP contribution in [0.4, 0.5) is 4.79 Å². The Morgan fingerprint density at radius 1 is 1.02 bits per heavy atom. The predicted molar refractivity (Wildman–Crippen MR) is 201 cm³/mol. The first-order chi connectivity index (χ1) is 24.4. The summed E-state index contributed by atoms with van der Waals surface area (Å²) in [6.45, 7) is 15.1. The van der Waals surface area contributed by atoms with Crippen LogP contribution in [0.3, 0.4) is 0 Å². The summed E-state index contributed by atoms with van der Waals surface area (Å²) in [4.78, 5) is 70.2. The van der Waals surface area contributed by atoms with Crippen molar-refractivity contribution < 1.29 is 37.1 Å². The van der Waals surface area contributed by atoms with Gasteiger partial charge in [0.1, 0.15) is 12.1 Å². The van der Waals surface area contributed by atoms with E-state index in [4.69, 9.17) is 4.74 Å². The van der Waals surface area contributed by atoms with Crippen molar-refractivity contribution in [2.75, 3.05) is 25.4 Å². The predicted octanol–water partition coefficient (Wildman–Crippen LogP) is 3.95. The van der Waals surface area contributed by atoms with Gasteiger partial charge in [-0.05, 0) is 78.1 Å². The van der Waals surface area contributed by atoms with Gasteiger partial charge >= 0.3 is 6.03 Å². The number of hydrogen-bond acceptors (Lipinski definition) is 8. The second-order valence-electron chi connectivity index (χ2n) is 16.5. The molecule has 0 aromatic heterocycles. The van der Waals surface area contributed by atoms with Crippen molar-refractivity contribution >= 4 is 39.4 Å². The highest BCUT2D eigenvalue weighted by Crippen LogP contribution is 2.34. The zero-order valence-corrected chi connectivity index (χ0v) is 33.2. The zero-order valence-electron chi connectivity index (χ0n) is 32.4. The Kier molecular flexibility index (Phi) is 16.2. The molecule has 0 aromatic carbocycles. The minimum Gasteiger partial charge on any atom is -0.376 e. The molecule has 5 atom stereocenters. The molecule has 3 rings (SSSR count). The number of amides is 5. The maximum absolute atomic E-state index is 14.6. The average Bonchev–Trinajstić information content (AvgIpc) is 3.47. The molecule has 2 saturated heterocycles. The van der Waals surface area contributed by atoms with Crippen LogP contribution in [0, 0.1) is 11.8 Å². The fourth-order valence-electron chi connectivity index (χ4n) is 7.68. The van der Waals surface area contributed by atoms with E-state index in [0.29, 0.717) is 38.7 Å². The summed E-state index contributed by atoms with van der Waals surface area (Å²) in [7, 11) is -3.59. The molecule has 3 fully saturated rings. The quantitative estimate of drug-likeness (QED) is 0.191.